The fraction of sp³-hybridized carbons (Fsp3) is 0.125. The third-order valence-corrected chi connectivity index (χ3v) is 1.04. The maximum absolute atomic E-state index is 8.83. The fourth-order valence-corrected chi connectivity index (χ4v) is 0.580. The third-order valence-electron chi connectivity index (χ3n) is 1.04. The predicted molar refractivity (Wildman–Crippen MR) is 39.7 cm³/mol. The van der Waals surface area contributed by atoms with Crippen molar-refractivity contribution >= 4 is 0 Å². The molecule has 3 heteroatoms. The summed E-state index contributed by atoms with van der Waals surface area (Å²) in [4.78, 5) is 3.77. The first-order valence-corrected chi connectivity index (χ1v) is 3.04. The van der Waals surface area contributed by atoms with E-state index in [4.69, 9.17) is 16.3 Å². The summed E-state index contributed by atoms with van der Waals surface area (Å²) in [5.74, 6) is 2.53. The van der Waals surface area contributed by atoms with Gasteiger partial charge in [-0.2, -0.15) is 0 Å². The van der Waals surface area contributed by atoms with Crippen LogP contribution >= 0.6 is 0 Å². The number of terminal acetylenes is 1. The minimum Gasteiger partial charge on any atom is -0.454 e. The molecular formula is C8H7NO2. The van der Waals surface area contributed by atoms with Crippen LogP contribution in [0.5, 0.6) is 5.75 Å². The molecule has 1 rings (SSSR count). The van der Waals surface area contributed by atoms with Gasteiger partial charge < -0.3 is 9.84 Å². The summed E-state index contributed by atoms with van der Waals surface area (Å²) in [6.45, 7) is 0. The Kier molecular flexibility index (Phi) is 2.47. The molecule has 0 fully saturated rings. The Morgan fingerprint density at radius 3 is 2.73 bits per heavy atom. The van der Waals surface area contributed by atoms with Gasteiger partial charge in [0.2, 0.25) is 0 Å². The lowest BCUT2D eigenvalue weighted by Gasteiger charge is -2.05. The maximum atomic E-state index is 8.83. The molecule has 0 unspecified atom stereocenters. The standard InChI is InChI=1S/C8H7NO2/c1-2-8(10)11-7-3-5-9-6-4-7/h1,3-6,8,10H/t8-/m1/s1. The van der Waals surface area contributed by atoms with Crippen LogP contribution in [0.15, 0.2) is 24.5 Å². The number of hydrogen-bond donors (Lipinski definition) is 1. The van der Waals surface area contributed by atoms with Crippen molar-refractivity contribution in [2.24, 2.45) is 0 Å². The van der Waals surface area contributed by atoms with Gasteiger partial charge in [-0.3, -0.25) is 4.98 Å². The van der Waals surface area contributed by atoms with Crippen LogP contribution < -0.4 is 4.74 Å². The van der Waals surface area contributed by atoms with E-state index in [0.717, 1.165) is 0 Å². The molecule has 0 spiro atoms. The van der Waals surface area contributed by atoms with Crippen LogP contribution in [0.2, 0.25) is 0 Å². The number of ether oxygens (including phenoxy) is 1. The van der Waals surface area contributed by atoms with Crippen molar-refractivity contribution in [1.29, 1.82) is 0 Å². The number of aliphatic hydroxyl groups excluding tert-OH is 1. The zero-order valence-electron chi connectivity index (χ0n) is 5.77. The Morgan fingerprint density at radius 2 is 2.18 bits per heavy atom. The highest BCUT2D eigenvalue weighted by Crippen LogP contribution is 2.07. The summed E-state index contributed by atoms with van der Waals surface area (Å²) in [5, 5.41) is 8.83. The summed E-state index contributed by atoms with van der Waals surface area (Å²) >= 11 is 0. The van der Waals surface area contributed by atoms with Gasteiger partial charge in [-0.15, -0.1) is 6.42 Å². The Labute approximate surface area is 64.7 Å². The highest BCUT2D eigenvalue weighted by Gasteiger charge is 1.98. The minimum absolute atomic E-state index is 0.505. The largest absolute Gasteiger partial charge is 0.454 e. The zero-order chi connectivity index (χ0) is 8.10. The summed E-state index contributed by atoms with van der Waals surface area (Å²) < 4.78 is 4.84. The highest BCUT2D eigenvalue weighted by atomic mass is 16.6. The van der Waals surface area contributed by atoms with Gasteiger partial charge in [0.1, 0.15) is 5.75 Å². The minimum atomic E-state index is -1.18. The van der Waals surface area contributed by atoms with Crippen molar-refractivity contribution < 1.29 is 9.84 Å². The molecule has 0 saturated heterocycles. The number of pyridine rings is 1. The summed E-state index contributed by atoms with van der Waals surface area (Å²) in [5.41, 5.74) is 0. The molecule has 11 heavy (non-hydrogen) atoms. The van der Waals surface area contributed by atoms with E-state index in [-0.39, 0.29) is 0 Å². The van der Waals surface area contributed by atoms with E-state index in [0.29, 0.717) is 5.75 Å². The van der Waals surface area contributed by atoms with Gasteiger partial charge in [-0.05, 0) is 18.1 Å². The van der Waals surface area contributed by atoms with Gasteiger partial charge in [0, 0.05) is 12.4 Å². The topological polar surface area (TPSA) is 42.4 Å². The molecule has 0 aliphatic heterocycles. The smallest absolute Gasteiger partial charge is 0.262 e. The molecular weight excluding hydrogens is 142 g/mol. The molecule has 1 heterocycles. The first-order valence-electron chi connectivity index (χ1n) is 3.04. The average Bonchev–Trinajstić information content (AvgIpc) is 2.06. The van der Waals surface area contributed by atoms with Crippen molar-refractivity contribution in [2.45, 2.75) is 6.29 Å². The molecule has 0 aliphatic rings. The molecule has 56 valence electrons. The van der Waals surface area contributed by atoms with Gasteiger partial charge in [-0.1, -0.05) is 0 Å². The number of rotatable bonds is 2. The van der Waals surface area contributed by atoms with Crippen LogP contribution in [-0.2, 0) is 0 Å². The van der Waals surface area contributed by atoms with Gasteiger partial charge in [0.25, 0.3) is 6.29 Å². The SMILES string of the molecule is C#C[C@H](O)Oc1ccncc1. The number of aliphatic hydroxyl groups is 1. The Bertz CT molecular complexity index is 253. The molecule has 0 aromatic carbocycles. The van der Waals surface area contributed by atoms with Crippen LogP contribution in [0, 0.1) is 12.3 Å². The number of hydrogen-bond acceptors (Lipinski definition) is 3. The Hall–Kier alpha value is -1.53. The van der Waals surface area contributed by atoms with Crippen molar-refractivity contribution in [1.82, 2.24) is 4.98 Å². The van der Waals surface area contributed by atoms with Gasteiger partial charge >= 0.3 is 0 Å². The van der Waals surface area contributed by atoms with Crippen molar-refractivity contribution in [2.75, 3.05) is 0 Å². The summed E-state index contributed by atoms with van der Waals surface area (Å²) in [6.07, 6.45) is 6.80. The van der Waals surface area contributed by atoms with E-state index in [1.807, 2.05) is 5.92 Å². The molecule has 0 bridgehead atoms. The van der Waals surface area contributed by atoms with E-state index >= 15 is 0 Å². The van der Waals surface area contributed by atoms with Gasteiger partial charge in [-0.25, -0.2) is 0 Å². The molecule has 0 saturated carbocycles. The lowest BCUT2D eigenvalue weighted by Crippen LogP contribution is -2.11. The molecule has 1 atom stereocenters. The second-order valence-electron chi connectivity index (χ2n) is 1.82. The number of nitrogens with zero attached hydrogens (tertiary/aromatic N) is 1. The maximum Gasteiger partial charge on any atom is 0.262 e. The van der Waals surface area contributed by atoms with Crippen LogP contribution in [0.1, 0.15) is 0 Å². The predicted octanol–water partition coefficient (Wildman–Crippen LogP) is 0.412. The molecule has 0 radical (unpaired) electrons. The van der Waals surface area contributed by atoms with E-state index in [9.17, 15) is 0 Å². The van der Waals surface area contributed by atoms with Crippen LogP contribution in [-0.4, -0.2) is 16.4 Å². The van der Waals surface area contributed by atoms with Crippen molar-refractivity contribution in [3.05, 3.63) is 24.5 Å². The highest BCUT2D eigenvalue weighted by molar-refractivity contribution is 5.17. The van der Waals surface area contributed by atoms with E-state index in [2.05, 4.69) is 4.98 Å². The van der Waals surface area contributed by atoms with E-state index < -0.39 is 6.29 Å². The fourth-order valence-electron chi connectivity index (χ4n) is 0.580. The van der Waals surface area contributed by atoms with Gasteiger partial charge in [0.15, 0.2) is 0 Å². The lowest BCUT2D eigenvalue weighted by atomic mass is 10.4. The quantitative estimate of drug-likeness (QED) is 0.489. The van der Waals surface area contributed by atoms with Crippen molar-refractivity contribution in [3.63, 3.8) is 0 Å². The zero-order valence-corrected chi connectivity index (χ0v) is 5.77. The molecule has 0 amide bonds. The lowest BCUT2D eigenvalue weighted by molar-refractivity contribution is 0.0332. The van der Waals surface area contributed by atoms with Crippen LogP contribution in [0.4, 0.5) is 0 Å². The van der Waals surface area contributed by atoms with Crippen LogP contribution in [0.3, 0.4) is 0 Å². The Balaban J connectivity index is 2.60. The Morgan fingerprint density at radius 1 is 1.55 bits per heavy atom. The third kappa shape index (κ3) is 2.28. The average molecular weight is 149 g/mol. The van der Waals surface area contributed by atoms with Crippen LogP contribution in [0.25, 0.3) is 0 Å². The molecule has 3 nitrogen and oxygen atoms in total. The van der Waals surface area contributed by atoms with Crippen molar-refractivity contribution in [3.8, 4) is 18.1 Å². The first-order chi connectivity index (χ1) is 5.33. The number of aromatic nitrogens is 1. The monoisotopic (exact) mass is 149 g/mol. The second-order valence-corrected chi connectivity index (χ2v) is 1.82. The summed E-state index contributed by atoms with van der Waals surface area (Å²) in [7, 11) is 0. The second kappa shape index (κ2) is 3.59. The molecule has 0 aliphatic carbocycles. The molecule has 1 aromatic rings. The molecule has 1 aromatic heterocycles. The van der Waals surface area contributed by atoms with E-state index in [1.165, 1.54) is 0 Å². The summed E-state index contributed by atoms with van der Waals surface area (Å²) in [6, 6.07) is 3.22. The van der Waals surface area contributed by atoms with Gasteiger partial charge in [0.05, 0.1) is 0 Å². The first kappa shape index (κ1) is 7.58. The van der Waals surface area contributed by atoms with E-state index in [1.54, 1.807) is 24.5 Å². The molecule has 1 N–H and O–H groups in total. The normalized spacial score (nSPS) is 11.6.